The molecule has 3 aromatic carbocycles. The lowest BCUT2D eigenvalue weighted by Gasteiger charge is -2.34. The van der Waals surface area contributed by atoms with E-state index in [0.717, 1.165) is 16.6 Å². The molecule has 2 nitrogen and oxygen atoms in total. The lowest BCUT2D eigenvalue weighted by molar-refractivity contribution is 0.128. The van der Waals surface area contributed by atoms with E-state index in [1.54, 1.807) is 0 Å². The fourth-order valence-electron chi connectivity index (χ4n) is 3.25. The Balaban J connectivity index is 1.93. The zero-order valence-electron chi connectivity index (χ0n) is 12.9. The Labute approximate surface area is 144 Å². The molecule has 0 saturated heterocycles. The predicted octanol–water partition coefficient (Wildman–Crippen LogP) is 5.41. The van der Waals surface area contributed by atoms with Gasteiger partial charge in [-0.1, -0.05) is 65.3 Å². The third-order valence-corrected chi connectivity index (χ3v) is 4.94. The summed E-state index contributed by atoms with van der Waals surface area (Å²) in [5.41, 5.74) is 2.49. The summed E-state index contributed by atoms with van der Waals surface area (Å²) in [5.74, 6) is 0.988. The number of hydrogen-bond donors (Lipinski definition) is 1. The highest BCUT2D eigenvalue weighted by Gasteiger charge is 2.29. The van der Waals surface area contributed by atoms with Crippen LogP contribution in [-0.2, 0) is 0 Å². The highest BCUT2D eigenvalue weighted by molar-refractivity contribution is 9.10. The molecule has 0 spiro atoms. The molecule has 1 N–H and O–H groups in total. The molecule has 0 bridgehead atoms. The third-order valence-electron chi connectivity index (χ3n) is 4.42. The van der Waals surface area contributed by atoms with Gasteiger partial charge in [0.25, 0.3) is 0 Å². The van der Waals surface area contributed by atoms with Crippen molar-refractivity contribution in [3.63, 3.8) is 0 Å². The maximum Gasteiger partial charge on any atom is 0.150 e. The number of benzene rings is 3. The maximum absolute atomic E-state index is 6.14. The number of halogens is 1. The fourth-order valence-corrected chi connectivity index (χ4v) is 3.52. The van der Waals surface area contributed by atoms with E-state index in [1.165, 1.54) is 21.9 Å². The zero-order chi connectivity index (χ0) is 15.8. The van der Waals surface area contributed by atoms with E-state index in [2.05, 4.69) is 88.8 Å². The van der Waals surface area contributed by atoms with Crippen molar-refractivity contribution in [3.8, 4) is 5.75 Å². The summed E-state index contributed by atoms with van der Waals surface area (Å²) in [6, 6.07) is 21.4. The van der Waals surface area contributed by atoms with E-state index in [4.69, 9.17) is 4.74 Å². The SMILES string of the molecule is CC[C@@H]1N[C@@H](c2ccc(Br)cc2)c2c(ccc3ccccc23)O1. The number of nitrogens with one attached hydrogen (secondary N) is 1. The Kier molecular flexibility index (Phi) is 3.83. The van der Waals surface area contributed by atoms with Crippen molar-refractivity contribution >= 4 is 26.7 Å². The van der Waals surface area contributed by atoms with Crippen LogP contribution in [0.1, 0.15) is 30.5 Å². The van der Waals surface area contributed by atoms with Crippen molar-refractivity contribution in [1.82, 2.24) is 5.32 Å². The van der Waals surface area contributed by atoms with Gasteiger partial charge in [-0.25, -0.2) is 0 Å². The molecule has 23 heavy (non-hydrogen) atoms. The van der Waals surface area contributed by atoms with Gasteiger partial charge in [-0.3, -0.25) is 5.32 Å². The van der Waals surface area contributed by atoms with Gasteiger partial charge in [-0.15, -0.1) is 0 Å². The van der Waals surface area contributed by atoms with Crippen molar-refractivity contribution in [2.45, 2.75) is 25.6 Å². The number of fused-ring (bicyclic) bond motifs is 3. The summed E-state index contributed by atoms with van der Waals surface area (Å²) in [5, 5.41) is 6.14. The molecule has 0 saturated carbocycles. The largest absolute Gasteiger partial charge is 0.475 e. The molecule has 0 amide bonds. The molecule has 0 fully saturated rings. The number of ether oxygens (including phenoxy) is 1. The number of hydrogen-bond acceptors (Lipinski definition) is 2. The Morgan fingerprint density at radius 2 is 1.78 bits per heavy atom. The molecule has 1 heterocycles. The lowest BCUT2D eigenvalue weighted by Crippen LogP contribution is -2.41. The molecule has 0 aromatic heterocycles. The van der Waals surface area contributed by atoms with Gasteiger partial charge in [0, 0.05) is 10.0 Å². The van der Waals surface area contributed by atoms with Crippen molar-refractivity contribution < 1.29 is 4.74 Å². The van der Waals surface area contributed by atoms with Crippen molar-refractivity contribution in [1.29, 1.82) is 0 Å². The zero-order valence-corrected chi connectivity index (χ0v) is 14.5. The summed E-state index contributed by atoms with van der Waals surface area (Å²) in [4.78, 5) is 0. The molecular formula is C20H18BrNO. The topological polar surface area (TPSA) is 21.3 Å². The molecule has 1 aliphatic heterocycles. The Bertz CT molecular complexity index is 844. The second kappa shape index (κ2) is 5.99. The van der Waals surface area contributed by atoms with E-state index >= 15 is 0 Å². The molecule has 0 radical (unpaired) electrons. The first kappa shape index (κ1) is 14.7. The molecule has 2 atom stereocenters. The molecule has 3 heteroatoms. The molecule has 0 unspecified atom stereocenters. The van der Waals surface area contributed by atoms with Crippen molar-refractivity contribution in [2.24, 2.45) is 0 Å². The van der Waals surface area contributed by atoms with E-state index in [-0.39, 0.29) is 12.3 Å². The third kappa shape index (κ3) is 2.64. The Morgan fingerprint density at radius 3 is 2.57 bits per heavy atom. The van der Waals surface area contributed by atoms with Gasteiger partial charge in [-0.2, -0.15) is 0 Å². The van der Waals surface area contributed by atoms with Crippen LogP contribution >= 0.6 is 15.9 Å². The highest BCUT2D eigenvalue weighted by Crippen LogP contribution is 2.40. The maximum atomic E-state index is 6.14. The normalized spacial score (nSPS) is 20.1. The van der Waals surface area contributed by atoms with Crippen LogP contribution < -0.4 is 10.1 Å². The molecule has 0 aliphatic carbocycles. The van der Waals surface area contributed by atoms with Gasteiger partial charge in [0.05, 0.1) is 6.04 Å². The molecule has 3 aromatic rings. The highest BCUT2D eigenvalue weighted by atomic mass is 79.9. The van der Waals surface area contributed by atoms with Crippen LogP contribution in [0.5, 0.6) is 5.75 Å². The van der Waals surface area contributed by atoms with E-state index in [0.29, 0.717) is 0 Å². The van der Waals surface area contributed by atoms with E-state index in [1.807, 2.05) is 0 Å². The van der Waals surface area contributed by atoms with Gasteiger partial charge >= 0.3 is 0 Å². The number of rotatable bonds is 2. The van der Waals surface area contributed by atoms with Crippen LogP contribution in [0.3, 0.4) is 0 Å². The first-order valence-electron chi connectivity index (χ1n) is 7.96. The average Bonchev–Trinajstić information content (AvgIpc) is 2.61. The minimum absolute atomic E-state index is 0.0392. The van der Waals surface area contributed by atoms with Crippen molar-refractivity contribution in [2.75, 3.05) is 0 Å². The van der Waals surface area contributed by atoms with Gasteiger partial charge in [0.1, 0.15) is 5.75 Å². The Morgan fingerprint density at radius 1 is 1.00 bits per heavy atom. The first-order valence-corrected chi connectivity index (χ1v) is 8.75. The van der Waals surface area contributed by atoms with Crippen LogP contribution in [0.15, 0.2) is 65.1 Å². The quantitative estimate of drug-likeness (QED) is 0.653. The smallest absolute Gasteiger partial charge is 0.150 e. The van der Waals surface area contributed by atoms with E-state index in [9.17, 15) is 0 Å². The standard InChI is InChI=1S/C20H18BrNO/c1-2-18-22-20(14-7-10-15(21)11-8-14)19-16-6-4-3-5-13(16)9-12-17(19)23-18/h3-12,18,20,22H,2H2,1H3/t18-,20+/m1/s1. The molecule has 4 rings (SSSR count). The molecule has 116 valence electrons. The van der Waals surface area contributed by atoms with Crippen LogP contribution in [0.25, 0.3) is 10.8 Å². The van der Waals surface area contributed by atoms with Crippen LogP contribution in [0.4, 0.5) is 0 Å². The fraction of sp³-hybridized carbons (Fsp3) is 0.200. The summed E-state index contributed by atoms with van der Waals surface area (Å²) in [6.07, 6.45) is 0.969. The minimum atomic E-state index is 0.0392. The van der Waals surface area contributed by atoms with E-state index < -0.39 is 0 Å². The van der Waals surface area contributed by atoms with Crippen LogP contribution in [0.2, 0.25) is 0 Å². The van der Waals surface area contributed by atoms with Gasteiger partial charge in [0.15, 0.2) is 6.23 Å². The first-order chi connectivity index (χ1) is 11.3. The average molecular weight is 368 g/mol. The summed E-state index contributed by atoms with van der Waals surface area (Å²) in [7, 11) is 0. The van der Waals surface area contributed by atoms with Gasteiger partial charge < -0.3 is 4.74 Å². The molecular weight excluding hydrogens is 350 g/mol. The second-order valence-electron chi connectivity index (χ2n) is 5.86. The summed E-state index contributed by atoms with van der Waals surface area (Å²) >= 11 is 3.52. The molecule has 1 aliphatic rings. The van der Waals surface area contributed by atoms with Crippen LogP contribution in [0, 0.1) is 0 Å². The minimum Gasteiger partial charge on any atom is -0.475 e. The van der Waals surface area contributed by atoms with Crippen molar-refractivity contribution in [3.05, 3.63) is 76.3 Å². The second-order valence-corrected chi connectivity index (χ2v) is 6.78. The van der Waals surface area contributed by atoms with Gasteiger partial charge in [-0.05, 0) is 41.0 Å². The monoisotopic (exact) mass is 367 g/mol. The predicted molar refractivity (Wildman–Crippen MR) is 97.8 cm³/mol. The van der Waals surface area contributed by atoms with Gasteiger partial charge in [0.2, 0.25) is 0 Å². The van der Waals surface area contributed by atoms with Crippen LogP contribution in [-0.4, -0.2) is 6.23 Å². The lowest BCUT2D eigenvalue weighted by atomic mass is 9.91. The summed E-state index contributed by atoms with van der Waals surface area (Å²) < 4.78 is 7.24. The summed E-state index contributed by atoms with van der Waals surface area (Å²) in [6.45, 7) is 2.14. The Hall–Kier alpha value is -1.84.